The highest BCUT2D eigenvalue weighted by Gasteiger charge is 2.25. The Balaban J connectivity index is 1.80. The molecular weight excluding hydrogens is 382 g/mol. The number of aryl methyl sites for hydroxylation is 1. The minimum Gasteiger partial charge on any atom is -0.481 e. The summed E-state index contributed by atoms with van der Waals surface area (Å²) in [7, 11) is 0. The third kappa shape index (κ3) is 4.96. The van der Waals surface area contributed by atoms with E-state index in [2.05, 4.69) is 35.0 Å². The summed E-state index contributed by atoms with van der Waals surface area (Å²) in [6, 6.07) is 1.94. The lowest BCUT2D eigenvalue weighted by Crippen LogP contribution is -2.10. The highest BCUT2D eigenvalue weighted by Crippen LogP contribution is 2.37. The Kier molecular flexibility index (Phi) is 6.70. The van der Waals surface area contributed by atoms with Gasteiger partial charge in [-0.1, -0.05) is 23.7 Å². The summed E-state index contributed by atoms with van der Waals surface area (Å²) < 4.78 is 11.2. The summed E-state index contributed by atoms with van der Waals surface area (Å²) in [5.74, 6) is 0.910. The van der Waals surface area contributed by atoms with Crippen LogP contribution in [-0.4, -0.2) is 32.3 Å². The zero-order valence-corrected chi connectivity index (χ0v) is 18.2. The van der Waals surface area contributed by atoms with Crippen LogP contribution in [0.5, 0.6) is 5.88 Å². The number of rotatable bonds is 8. The van der Waals surface area contributed by atoms with Gasteiger partial charge in [0.25, 0.3) is 5.89 Å². The first-order chi connectivity index (χ1) is 14.3. The van der Waals surface area contributed by atoms with Crippen LogP contribution in [0.25, 0.3) is 11.5 Å². The molecule has 0 bridgehead atoms. The first kappa shape index (κ1) is 21.7. The second-order valence-corrected chi connectivity index (χ2v) is 7.98. The minimum atomic E-state index is -0.774. The van der Waals surface area contributed by atoms with Gasteiger partial charge in [0.15, 0.2) is 5.82 Å². The lowest BCUT2D eigenvalue weighted by atomic mass is 9.82. The molecule has 1 N–H and O–H groups in total. The second-order valence-electron chi connectivity index (χ2n) is 7.98. The van der Waals surface area contributed by atoms with Gasteiger partial charge in [0.05, 0.1) is 11.7 Å². The largest absolute Gasteiger partial charge is 0.481 e. The molecule has 1 aliphatic rings. The van der Waals surface area contributed by atoms with Crippen LogP contribution in [-0.2, 0) is 4.79 Å². The van der Waals surface area contributed by atoms with Crippen molar-refractivity contribution < 1.29 is 19.2 Å². The molecule has 1 unspecified atom stereocenters. The summed E-state index contributed by atoms with van der Waals surface area (Å²) in [4.78, 5) is 20.0. The van der Waals surface area contributed by atoms with Crippen molar-refractivity contribution in [2.45, 2.75) is 72.3 Å². The fourth-order valence-electron chi connectivity index (χ4n) is 3.76. The van der Waals surface area contributed by atoms with Gasteiger partial charge in [0.1, 0.15) is 0 Å². The Hall–Kier alpha value is -2.96. The maximum absolute atomic E-state index is 11.0. The molecule has 0 radical (unpaired) electrons. The molecule has 0 saturated heterocycles. The van der Waals surface area contributed by atoms with E-state index in [0.29, 0.717) is 24.0 Å². The molecule has 2 heterocycles. The Morgan fingerprint density at radius 2 is 2.13 bits per heavy atom. The number of allylic oxidation sites excluding steroid dienone is 4. The quantitative estimate of drug-likeness (QED) is 0.635. The molecule has 30 heavy (non-hydrogen) atoms. The van der Waals surface area contributed by atoms with Crippen molar-refractivity contribution in [3.63, 3.8) is 0 Å². The summed E-state index contributed by atoms with van der Waals surface area (Å²) in [5, 5.41) is 13.2. The van der Waals surface area contributed by atoms with E-state index >= 15 is 0 Å². The smallest absolute Gasteiger partial charge is 0.303 e. The molecular formula is C23H29N3O4. The van der Waals surface area contributed by atoms with E-state index in [1.165, 1.54) is 11.1 Å². The van der Waals surface area contributed by atoms with Crippen LogP contribution in [0, 0.1) is 6.92 Å². The van der Waals surface area contributed by atoms with Gasteiger partial charge >= 0.3 is 5.97 Å². The second kappa shape index (κ2) is 9.24. The molecule has 0 amide bonds. The van der Waals surface area contributed by atoms with E-state index in [0.717, 1.165) is 29.5 Å². The summed E-state index contributed by atoms with van der Waals surface area (Å²) in [5.41, 5.74) is 5.19. The first-order valence-electron chi connectivity index (χ1n) is 10.4. The number of ether oxygens (including phenoxy) is 1. The SMILES string of the molecule is CCC1=CC(c2noc(-c3cnc(OC(C)C)c(C)c3)n2)CC(C)=C1CCC(=O)O. The van der Waals surface area contributed by atoms with Crippen molar-refractivity contribution in [1.29, 1.82) is 0 Å². The Bertz CT molecular complexity index is 988. The summed E-state index contributed by atoms with van der Waals surface area (Å²) in [6.45, 7) is 10.0. The molecule has 7 nitrogen and oxygen atoms in total. The summed E-state index contributed by atoms with van der Waals surface area (Å²) >= 11 is 0. The van der Waals surface area contributed by atoms with Crippen LogP contribution < -0.4 is 4.74 Å². The molecule has 1 atom stereocenters. The number of aromatic nitrogens is 3. The van der Waals surface area contributed by atoms with Crippen molar-refractivity contribution >= 4 is 5.97 Å². The topological polar surface area (TPSA) is 98.3 Å². The third-order valence-corrected chi connectivity index (χ3v) is 5.20. The minimum absolute atomic E-state index is 0.0173. The number of nitrogens with zero attached hydrogens (tertiary/aromatic N) is 3. The fourth-order valence-corrected chi connectivity index (χ4v) is 3.76. The van der Waals surface area contributed by atoms with Gasteiger partial charge in [-0.25, -0.2) is 4.98 Å². The molecule has 0 aromatic carbocycles. The van der Waals surface area contributed by atoms with Gasteiger partial charge in [-0.15, -0.1) is 0 Å². The van der Waals surface area contributed by atoms with Crippen LogP contribution in [0.1, 0.15) is 70.7 Å². The third-order valence-electron chi connectivity index (χ3n) is 5.20. The summed E-state index contributed by atoms with van der Waals surface area (Å²) in [6.07, 6.45) is 6.20. The number of pyridine rings is 1. The zero-order valence-electron chi connectivity index (χ0n) is 18.2. The van der Waals surface area contributed by atoms with Gasteiger partial charge in [-0.05, 0) is 64.2 Å². The predicted octanol–water partition coefficient (Wildman–Crippen LogP) is 5.23. The Labute approximate surface area is 176 Å². The number of aliphatic carboxylic acids is 1. The van der Waals surface area contributed by atoms with Gasteiger partial charge in [0, 0.05) is 24.1 Å². The molecule has 1 aliphatic carbocycles. The highest BCUT2D eigenvalue weighted by molar-refractivity contribution is 5.67. The van der Waals surface area contributed by atoms with Crippen molar-refractivity contribution in [3.05, 3.63) is 46.4 Å². The molecule has 2 aromatic heterocycles. The molecule has 0 aliphatic heterocycles. The lowest BCUT2D eigenvalue weighted by Gasteiger charge is -2.23. The Morgan fingerprint density at radius 3 is 2.77 bits per heavy atom. The van der Waals surface area contributed by atoms with Crippen molar-refractivity contribution in [3.8, 4) is 17.3 Å². The molecule has 0 fully saturated rings. The monoisotopic (exact) mass is 411 g/mol. The van der Waals surface area contributed by atoms with Crippen LogP contribution >= 0.6 is 0 Å². The van der Waals surface area contributed by atoms with E-state index in [1.807, 2.05) is 26.8 Å². The molecule has 0 saturated carbocycles. The number of hydrogen-bond donors (Lipinski definition) is 1. The molecule has 160 valence electrons. The molecule has 0 spiro atoms. The van der Waals surface area contributed by atoms with E-state index < -0.39 is 5.97 Å². The van der Waals surface area contributed by atoms with Gasteiger partial charge in [-0.2, -0.15) is 4.98 Å². The van der Waals surface area contributed by atoms with Crippen molar-refractivity contribution in [1.82, 2.24) is 15.1 Å². The number of carboxylic acids is 1. The van der Waals surface area contributed by atoms with Gasteiger partial charge in [0.2, 0.25) is 5.88 Å². The van der Waals surface area contributed by atoms with E-state index in [4.69, 9.17) is 14.4 Å². The molecule has 2 aromatic rings. The van der Waals surface area contributed by atoms with E-state index in [9.17, 15) is 4.79 Å². The normalized spacial score (nSPS) is 16.7. The van der Waals surface area contributed by atoms with Crippen molar-refractivity contribution in [2.24, 2.45) is 0 Å². The average molecular weight is 412 g/mol. The zero-order chi connectivity index (χ0) is 21.8. The standard InChI is InChI=1S/C23H29N3O4/c1-6-16-11-17(9-14(4)19(16)7-8-20(27)28)21-25-23(30-26-21)18-10-15(5)22(24-12-18)29-13(2)3/h10-13,17H,6-9H2,1-5H3,(H,27,28). The highest BCUT2D eigenvalue weighted by atomic mass is 16.5. The van der Waals surface area contributed by atoms with Crippen molar-refractivity contribution in [2.75, 3.05) is 0 Å². The van der Waals surface area contributed by atoms with Crippen LogP contribution in [0.4, 0.5) is 0 Å². The number of hydrogen-bond acceptors (Lipinski definition) is 6. The maximum atomic E-state index is 11.0. The lowest BCUT2D eigenvalue weighted by molar-refractivity contribution is -0.136. The first-order valence-corrected chi connectivity index (χ1v) is 10.4. The maximum Gasteiger partial charge on any atom is 0.303 e. The molecule has 3 rings (SSSR count). The Morgan fingerprint density at radius 1 is 1.37 bits per heavy atom. The van der Waals surface area contributed by atoms with Gasteiger partial charge < -0.3 is 14.4 Å². The van der Waals surface area contributed by atoms with Gasteiger partial charge in [-0.3, -0.25) is 4.79 Å². The number of carboxylic acid groups (broad SMARTS) is 1. The van der Waals surface area contributed by atoms with Crippen LogP contribution in [0.3, 0.4) is 0 Å². The van der Waals surface area contributed by atoms with Crippen LogP contribution in [0.2, 0.25) is 0 Å². The fraction of sp³-hybridized carbons (Fsp3) is 0.478. The molecule has 7 heteroatoms. The average Bonchev–Trinajstić information content (AvgIpc) is 3.17. The van der Waals surface area contributed by atoms with Crippen LogP contribution in [0.15, 0.2) is 39.6 Å². The number of carbonyl (C=O) groups is 1. The van der Waals surface area contributed by atoms with E-state index in [-0.39, 0.29) is 18.4 Å². The predicted molar refractivity (Wildman–Crippen MR) is 113 cm³/mol. The van der Waals surface area contributed by atoms with E-state index in [1.54, 1.807) is 6.20 Å².